The van der Waals surface area contributed by atoms with Crippen molar-refractivity contribution >= 4 is 10.0 Å². The van der Waals surface area contributed by atoms with Crippen LogP contribution in [0.2, 0.25) is 0 Å². The fraction of sp³-hybridized carbons (Fsp3) is 0.818. The number of hydrogen-bond donors (Lipinski definition) is 3. The molecule has 0 aliphatic heterocycles. The Bertz CT molecular complexity index is 432. The van der Waals surface area contributed by atoms with Crippen LogP contribution in [0.4, 0.5) is 0 Å². The normalized spacial score (nSPS) is 13.6. The SMILES string of the molecule is CCCNCC(C)S(=O)(=O)NCCCc1ncn[nH]1. The lowest BCUT2D eigenvalue weighted by atomic mass is 10.3. The molecule has 0 amide bonds. The molecule has 1 aromatic heterocycles. The van der Waals surface area contributed by atoms with Crippen LogP contribution in [0.25, 0.3) is 0 Å². The molecule has 1 rings (SSSR count). The molecule has 0 spiro atoms. The van der Waals surface area contributed by atoms with Crippen molar-refractivity contribution in [3.05, 3.63) is 12.2 Å². The van der Waals surface area contributed by atoms with E-state index in [2.05, 4.69) is 25.2 Å². The van der Waals surface area contributed by atoms with E-state index in [1.54, 1.807) is 6.92 Å². The molecule has 0 bridgehead atoms. The van der Waals surface area contributed by atoms with Crippen LogP contribution in [0.15, 0.2) is 6.33 Å². The first kappa shape index (κ1) is 16.1. The molecule has 0 saturated heterocycles. The van der Waals surface area contributed by atoms with Gasteiger partial charge in [0.25, 0.3) is 0 Å². The van der Waals surface area contributed by atoms with Crippen molar-refractivity contribution in [1.29, 1.82) is 0 Å². The van der Waals surface area contributed by atoms with E-state index in [1.165, 1.54) is 6.33 Å². The summed E-state index contributed by atoms with van der Waals surface area (Å²) in [6, 6.07) is 0. The zero-order chi connectivity index (χ0) is 14.1. The zero-order valence-corrected chi connectivity index (χ0v) is 12.3. The third-order valence-electron chi connectivity index (χ3n) is 2.75. The molecule has 0 aromatic carbocycles. The summed E-state index contributed by atoms with van der Waals surface area (Å²) in [7, 11) is -3.24. The van der Waals surface area contributed by atoms with Gasteiger partial charge in [-0.05, 0) is 26.3 Å². The lowest BCUT2D eigenvalue weighted by Crippen LogP contribution is -2.39. The molecular weight excluding hydrogens is 266 g/mol. The van der Waals surface area contributed by atoms with Crippen molar-refractivity contribution < 1.29 is 8.42 Å². The maximum absolute atomic E-state index is 11.9. The Morgan fingerprint density at radius 1 is 1.42 bits per heavy atom. The number of H-pyrrole nitrogens is 1. The number of nitrogens with one attached hydrogen (secondary N) is 3. The van der Waals surface area contributed by atoms with Gasteiger partial charge in [-0.15, -0.1) is 0 Å². The van der Waals surface area contributed by atoms with Crippen LogP contribution in [0.1, 0.15) is 32.5 Å². The van der Waals surface area contributed by atoms with E-state index in [9.17, 15) is 8.42 Å². The quantitative estimate of drug-likeness (QED) is 0.528. The molecule has 0 saturated carbocycles. The van der Waals surface area contributed by atoms with Crippen molar-refractivity contribution in [3.63, 3.8) is 0 Å². The third-order valence-corrected chi connectivity index (χ3v) is 4.58. The highest BCUT2D eigenvalue weighted by atomic mass is 32.2. The Balaban J connectivity index is 2.22. The number of nitrogens with zero attached hydrogens (tertiary/aromatic N) is 2. The number of aryl methyl sites for hydroxylation is 1. The van der Waals surface area contributed by atoms with Crippen molar-refractivity contribution in [2.24, 2.45) is 0 Å². The fourth-order valence-corrected chi connectivity index (χ4v) is 2.61. The Labute approximate surface area is 114 Å². The molecule has 0 aliphatic carbocycles. The summed E-state index contributed by atoms with van der Waals surface area (Å²) in [6.07, 6.45) is 3.83. The lowest BCUT2D eigenvalue weighted by molar-refractivity contribution is 0.554. The molecule has 1 unspecified atom stereocenters. The molecule has 8 heteroatoms. The summed E-state index contributed by atoms with van der Waals surface area (Å²) in [6.45, 7) is 5.49. The van der Waals surface area contributed by atoms with Crippen LogP contribution in [0.5, 0.6) is 0 Å². The van der Waals surface area contributed by atoms with Crippen LogP contribution in [0, 0.1) is 0 Å². The third kappa shape index (κ3) is 6.13. The summed E-state index contributed by atoms with van der Waals surface area (Å²) in [4.78, 5) is 3.98. The monoisotopic (exact) mass is 289 g/mol. The summed E-state index contributed by atoms with van der Waals surface area (Å²) in [5.74, 6) is 0.775. The second kappa shape index (κ2) is 8.23. The maximum Gasteiger partial charge on any atom is 0.215 e. The standard InChI is InChI=1S/C11H23N5O2S/c1-3-6-12-8-10(2)19(17,18)15-7-4-5-11-13-9-14-16-11/h9-10,12,15H,3-8H2,1-2H3,(H,13,14,16). The van der Waals surface area contributed by atoms with Crippen LogP contribution in [0.3, 0.4) is 0 Å². The number of rotatable bonds is 10. The minimum atomic E-state index is -3.24. The predicted molar refractivity (Wildman–Crippen MR) is 74.2 cm³/mol. The average Bonchev–Trinajstić information content (AvgIpc) is 2.88. The highest BCUT2D eigenvalue weighted by molar-refractivity contribution is 7.90. The van der Waals surface area contributed by atoms with Crippen LogP contribution in [-0.4, -0.2) is 48.5 Å². The van der Waals surface area contributed by atoms with E-state index in [0.29, 0.717) is 25.9 Å². The van der Waals surface area contributed by atoms with Gasteiger partial charge >= 0.3 is 0 Å². The first-order valence-corrected chi connectivity index (χ1v) is 8.14. The van der Waals surface area contributed by atoms with Crippen molar-refractivity contribution in [3.8, 4) is 0 Å². The summed E-state index contributed by atoms with van der Waals surface area (Å²) >= 11 is 0. The zero-order valence-electron chi connectivity index (χ0n) is 11.5. The van der Waals surface area contributed by atoms with Crippen molar-refractivity contribution in [2.75, 3.05) is 19.6 Å². The molecule has 1 heterocycles. The molecule has 1 atom stereocenters. The maximum atomic E-state index is 11.9. The van der Waals surface area contributed by atoms with Gasteiger partial charge < -0.3 is 5.32 Å². The van der Waals surface area contributed by atoms with E-state index in [4.69, 9.17) is 0 Å². The average molecular weight is 289 g/mol. The summed E-state index contributed by atoms with van der Waals surface area (Å²) in [5, 5.41) is 9.16. The van der Waals surface area contributed by atoms with Gasteiger partial charge in [-0.3, -0.25) is 5.10 Å². The smallest absolute Gasteiger partial charge is 0.215 e. The van der Waals surface area contributed by atoms with Gasteiger partial charge in [-0.25, -0.2) is 18.1 Å². The Kier molecular flexibility index (Phi) is 6.96. The van der Waals surface area contributed by atoms with Crippen LogP contribution in [-0.2, 0) is 16.4 Å². The lowest BCUT2D eigenvalue weighted by Gasteiger charge is -2.14. The fourth-order valence-electron chi connectivity index (χ4n) is 1.56. The second-order valence-electron chi connectivity index (χ2n) is 4.49. The molecule has 0 fully saturated rings. The highest BCUT2D eigenvalue weighted by Gasteiger charge is 2.19. The van der Waals surface area contributed by atoms with E-state index >= 15 is 0 Å². The highest BCUT2D eigenvalue weighted by Crippen LogP contribution is 1.98. The van der Waals surface area contributed by atoms with E-state index in [0.717, 1.165) is 18.8 Å². The first-order chi connectivity index (χ1) is 9.06. The van der Waals surface area contributed by atoms with Gasteiger partial charge in [0.1, 0.15) is 12.2 Å². The number of aromatic amines is 1. The number of aromatic nitrogens is 3. The topological polar surface area (TPSA) is 99.8 Å². The van der Waals surface area contributed by atoms with Crippen LogP contribution < -0.4 is 10.0 Å². The van der Waals surface area contributed by atoms with Gasteiger partial charge in [0.15, 0.2) is 0 Å². The van der Waals surface area contributed by atoms with Gasteiger partial charge in [-0.2, -0.15) is 5.10 Å². The molecule has 7 nitrogen and oxygen atoms in total. The number of hydrogen-bond acceptors (Lipinski definition) is 5. The minimum Gasteiger partial charge on any atom is -0.315 e. The van der Waals surface area contributed by atoms with E-state index in [-0.39, 0.29) is 0 Å². The van der Waals surface area contributed by atoms with E-state index in [1.807, 2.05) is 6.92 Å². The summed E-state index contributed by atoms with van der Waals surface area (Å²) in [5.41, 5.74) is 0. The van der Waals surface area contributed by atoms with E-state index < -0.39 is 15.3 Å². The molecule has 0 radical (unpaired) electrons. The second-order valence-corrected chi connectivity index (χ2v) is 6.67. The summed E-state index contributed by atoms with van der Waals surface area (Å²) < 4.78 is 26.4. The van der Waals surface area contributed by atoms with Crippen molar-refractivity contribution in [2.45, 2.75) is 38.4 Å². The Hall–Kier alpha value is -0.990. The largest absolute Gasteiger partial charge is 0.315 e. The Morgan fingerprint density at radius 2 is 2.21 bits per heavy atom. The van der Waals surface area contributed by atoms with Gasteiger partial charge in [0.2, 0.25) is 10.0 Å². The van der Waals surface area contributed by atoms with Crippen molar-refractivity contribution in [1.82, 2.24) is 25.2 Å². The molecular formula is C11H23N5O2S. The van der Waals surface area contributed by atoms with Gasteiger partial charge in [0, 0.05) is 19.5 Å². The predicted octanol–water partition coefficient (Wildman–Crippen LogP) is 0.0448. The Morgan fingerprint density at radius 3 is 2.84 bits per heavy atom. The van der Waals surface area contributed by atoms with Gasteiger partial charge in [0.05, 0.1) is 5.25 Å². The molecule has 19 heavy (non-hydrogen) atoms. The molecule has 0 aliphatic rings. The van der Waals surface area contributed by atoms with Gasteiger partial charge in [-0.1, -0.05) is 6.92 Å². The number of sulfonamides is 1. The minimum absolute atomic E-state index is 0.418. The first-order valence-electron chi connectivity index (χ1n) is 6.59. The molecule has 110 valence electrons. The van der Waals surface area contributed by atoms with Crippen LogP contribution >= 0.6 is 0 Å². The molecule has 3 N–H and O–H groups in total. The molecule has 1 aromatic rings.